The predicted molar refractivity (Wildman–Crippen MR) is 166 cm³/mol. The van der Waals surface area contributed by atoms with Gasteiger partial charge < -0.3 is 40.7 Å². The van der Waals surface area contributed by atoms with Crippen molar-refractivity contribution in [2.24, 2.45) is 26.9 Å². The number of hydrogen-bond donors (Lipinski definition) is 6. The first-order chi connectivity index (χ1) is 19.1. The van der Waals surface area contributed by atoms with Crippen LogP contribution in [0, 0.1) is 47.0 Å². The smallest absolute Gasteiger partial charge is 0.272 e. The Morgan fingerprint density at radius 3 is 1.45 bits per heavy atom. The number of amides is 4. The van der Waals surface area contributed by atoms with Gasteiger partial charge in [0.1, 0.15) is 17.1 Å². The molecule has 228 valence electrons. The van der Waals surface area contributed by atoms with E-state index in [2.05, 4.69) is 21.3 Å². The topological polar surface area (TPSA) is 181 Å². The first-order valence-corrected chi connectivity index (χ1v) is 13.1. The van der Waals surface area contributed by atoms with Crippen LogP contribution in [0.15, 0.2) is 0 Å². The van der Waals surface area contributed by atoms with Crippen molar-refractivity contribution in [3.63, 3.8) is 0 Å². The van der Waals surface area contributed by atoms with E-state index in [1.165, 1.54) is 0 Å². The zero-order valence-electron chi connectivity index (χ0n) is 25.5. The summed E-state index contributed by atoms with van der Waals surface area (Å²) in [6.45, 7) is 10.9. The van der Waals surface area contributed by atoms with Crippen molar-refractivity contribution in [1.82, 2.24) is 19.0 Å². The SMILES string of the molecule is Cc1c(NC=O)c(C)n(C)c1C(=O)Nc1c(C)c(C(=O)Nc2c(C)c(C(=O)NCCC(=N)N)n(C)c2C)n(C)c1C.Cl. The Kier molecular flexibility index (Phi) is 10.4. The standard InChI is InChI=1S/C28H39N9O4.ClH/c1-13-20(32-12-38)16(4)35(7)24(13)27(40)34-22-15(3)25(37(9)18(22)6)28(41)33-21-14(2)23(36(8)17(21)5)26(39)31-11-10-19(29)30;/h12H,10-11H2,1-9H3,(H3,29,30)(H,31,39)(H,32,38)(H,33,41)(H,34,40);1H. The van der Waals surface area contributed by atoms with Crippen molar-refractivity contribution < 1.29 is 19.2 Å². The zero-order valence-corrected chi connectivity index (χ0v) is 26.3. The third-order valence-electron chi connectivity index (χ3n) is 7.80. The number of halogens is 1. The summed E-state index contributed by atoms with van der Waals surface area (Å²) in [4.78, 5) is 50.9. The molecule has 0 saturated carbocycles. The fraction of sp³-hybridized carbons (Fsp3) is 0.393. The molecule has 13 nitrogen and oxygen atoms in total. The second-order valence-corrected chi connectivity index (χ2v) is 10.2. The van der Waals surface area contributed by atoms with Gasteiger partial charge in [0, 0.05) is 67.9 Å². The zero-order chi connectivity index (χ0) is 30.9. The quantitative estimate of drug-likeness (QED) is 0.118. The van der Waals surface area contributed by atoms with Gasteiger partial charge in [-0.1, -0.05) is 0 Å². The minimum absolute atomic E-state index is 0. The maximum atomic E-state index is 13.6. The maximum Gasteiger partial charge on any atom is 0.272 e. The average Bonchev–Trinajstić information content (AvgIpc) is 3.34. The summed E-state index contributed by atoms with van der Waals surface area (Å²) in [6.07, 6.45) is 0.816. The maximum absolute atomic E-state index is 13.6. The van der Waals surface area contributed by atoms with Crippen LogP contribution in [0.4, 0.5) is 17.1 Å². The summed E-state index contributed by atoms with van der Waals surface area (Å²) in [5.41, 5.74) is 12.1. The molecule has 42 heavy (non-hydrogen) atoms. The molecule has 0 radical (unpaired) electrons. The van der Waals surface area contributed by atoms with E-state index in [0.717, 1.165) is 5.69 Å². The molecule has 0 aromatic carbocycles. The van der Waals surface area contributed by atoms with Crippen LogP contribution in [-0.2, 0) is 25.9 Å². The van der Waals surface area contributed by atoms with E-state index < -0.39 is 5.91 Å². The van der Waals surface area contributed by atoms with Gasteiger partial charge in [-0.05, 0) is 41.5 Å². The largest absolute Gasteiger partial charge is 0.388 e. The summed E-state index contributed by atoms with van der Waals surface area (Å²) < 4.78 is 5.14. The molecule has 3 aromatic heterocycles. The molecule has 3 heterocycles. The molecule has 4 amide bonds. The van der Waals surface area contributed by atoms with Gasteiger partial charge in [0.2, 0.25) is 6.41 Å². The molecule has 0 atom stereocenters. The number of hydrogen-bond acceptors (Lipinski definition) is 5. The third-order valence-corrected chi connectivity index (χ3v) is 7.80. The predicted octanol–water partition coefficient (Wildman–Crippen LogP) is 3.10. The van der Waals surface area contributed by atoms with Gasteiger partial charge in [0.25, 0.3) is 17.7 Å². The molecular formula is C28H40ClN9O4. The number of aromatic nitrogens is 3. The number of amidine groups is 1. The monoisotopic (exact) mass is 601 g/mol. The number of carbonyl (C=O) groups excluding carboxylic acids is 4. The lowest BCUT2D eigenvalue weighted by Crippen LogP contribution is -2.29. The molecule has 0 spiro atoms. The lowest BCUT2D eigenvalue weighted by Gasteiger charge is -2.10. The highest BCUT2D eigenvalue weighted by atomic mass is 35.5. The van der Waals surface area contributed by atoms with E-state index in [1.807, 2.05) is 20.8 Å². The number of nitrogens with one attached hydrogen (secondary N) is 5. The van der Waals surface area contributed by atoms with Gasteiger partial charge >= 0.3 is 0 Å². The lowest BCUT2D eigenvalue weighted by molar-refractivity contribution is -0.105. The summed E-state index contributed by atoms with van der Waals surface area (Å²) in [6, 6.07) is 0. The highest BCUT2D eigenvalue weighted by Crippen LogP contribution is 2.32. The summed E-state index contributed by atoms with van der Waals surface area (Å²) in [5, 5.41) is 18.7. The van der Waals surface area contributed by atoms with Crippen molar-refractivity contribution in [2.75, 3.05) is 22.5 Å². The van der Waals surface area contributed by atoms with Crippen LogP contribution < -0.4 is 27.0 Å². The molecule has 7 N–H and O–H groups in total. The Labute approximate surface area is 251 Å². The molecule has 0 aliphatic rings. The molecule has 14 heteroatoms. The highest BCUT2D eigenvalue weighted by molar-refractivity contribution is 6.10. The molecule has 0 aliphatic heterocycles. The summed E-state index contributed by atoms with van der Waals surface area (Å²) in [5.74, 6) is -1.11. The first kappa shape index (κ1) is 33.7. The first-order valence-electron chi connectivity index (χ1n) is 13.1. The Morgan fingerprint density at radius 1 is 0.714 bits per heavy atom. The molecule has 0 saturated heterocycles. The number of anilines is 3. The second kappa shape index (κ2) is 13.0. The van der Waals surface area contributed by atoms with E-state index in [1.54, 1.807) is 55.6 Å². The minimum Gasteiger partial charge on any atom is -0.388 e. The Morgan fingerprint density at radius 2 is 1.07 bits per heavy atom. The number of nitrogens with two attached hydrogens (primary N) is 1. The number of nitrogens with zero attached hydrogens (tertiary/aromatic N) is 3. The van der Waals surface area contributed by atoms with Crippen LogP contribution in [0.2, 0.25) is 0 Å². The number of rotatable bonds is 10. The lowest BCUT2D eigenvalue weighted by atomic mass is 10.1. The molecule has 0 bridgehead atoms. The van der Waals surface area contributed by atoms with Crippen molar-refractivity contribution in [1.29, 1.82) is 5.41 Å². The normalized spacial score (nSPS) is 10.6. The van der Waals surface area contributed by atoms with E-state index >= 15 is 0 Å². The average molecular weight is 602 g/mol. The van der Waals surface area contributed by atoms with Gasteiger partial charge in [-0.2, -0.15) is 0 Å². The van der Waals surface area contributed by atoms with Gasteiger partial charge in [-0.25, -0.2) is 0 Å². The summed E-state index contributed by atoms with van der Waals surface area (Å²) >= 11 is 0. The minimum atomic E-state index is -0.391. The van der Waals surface area contributed by atoms with Crippen LogP contribution in [0.1, 0.15) is 71.7 Å². The van der Waals surface area contributed by atoms with Crippen molar-refractivity contribution in [3.05, 3.63) is 50.9 Å². The molecule has 0 aliphatic carbocycles. The van der Waals surface area contributed by atoms with E-state index in [-0.39, 0.29) is 43.0 Å². The molecule has 3 aromatic rings. The van der Waals surface area contributed by atoms with Crippen molar-refractivity contribution in [3.8, 4) is 0 Å². The van der Waals surface area contributed by atoms with E-state index in [9.17, 15) is 19.2 Å². The Hall–Kier alpha value is -4.52. The Balaban J connectivity index is 0.00000616. The van der Waals surface area contributed by atoms with Crippen LogP contribution in [0.25, 0.3) is 0 Å². The van der Waals surface area contributed by atoms with Crippen LogP contribution >= 0.6 is 12.4 Å². The van der Waals surface area contributed by atoms with Gasteiger partial charge in [0.05, 0.1) is 22.9 Å². The van der Waals surface area contributed by atoms with Crippen LogP contribution in [0.3, 0.4) is 0 Å². The fourth-order valence-electron chi connectivity index (χ4n) is 5.28. The van der Waals surface area contributed by atoms with Crippen molar-refractivity contribution >= 4 is 59.4 Å². The summed E-state index contributed by atoms with van der Waals surface area (Å²) in [7, 11) is 5.24. The van der Waals surface area contributed by atoms with E-state index in [4.69, 9.17) is 11.1 Å². The van der Waals surface area contributed by atoms with Crippen molar-refractivity contribution in [2.45, 2.75) is 48.0 Å². The Bertz CT molecular complexity index is 1590. The second-order valence-electron chi connectivity index (χ2n) is 10.2. The van der Waals surface area contributed by atoms with Gasteiger partial charge in [0.15, 0.2) is 0 Å². The fourth-order valence-corrected chi connectivity index (χ4v) is 5.28. The number of carbonyl (C=O) groups is 4. The van der Waals surface area contributed by atoms with Crippen LogP contribution in [0.5, 0.6) is 0 Å². The van der Waals surface area contributed by atoms with Gasteiger partial charge in [-0.15, -0.1) is 12.4 Å². The van der Waals surface area contributed by atoms with Crippen LogP contribution in [-0.4, -0.2) is 50.2 Å². The molecular weight excluding hydrogens is 562 g/mol. The highest BCUT2D eigenvalue weighted by Gasteiger charge is 2.28. The third kappa shape index (κ3) is 5.91. The molecule has 0 fully saturated rings. The molecule has 3 rings (SSSR count). The van der Waals surface area contributed by atoms with E-state index in [0.29, 0.717) is 68.6 Å². The van der Waals surface area contributed by atoms with Gasteiger partial charge in [-0.3, -0.25) is 24.6 Å². The molecule has 0 unspecified atom stereocenters.